The molecule has 0 atom stereocenters. The van der Waals surface area contributed by atoms with Gasteiger partial charge >= 0.3 is 5.97 Å². The van der Waals surface area contributed by atoms with Crippen molar-refractivity contribution in [3.8, 4) is 0 Å². The normalized spacial score (nSPS) is 13.7. The second kappa shape index (κ2) is 6.95. The third-order valence-electron chi connectivity index (χ3n) is 3.90. The molecule has 0 amide bonds. The predicted octanol–water partition coefficient (Wildman–Crippen LogP) is 4.08. The molecule has 2 aromatic rings. The number of hydrogen-bond donors (Lipinski definition) is 0. The molecular formula is C17H17Cl2N3O2. The summed E-state index contributed by atoms with van der Waals surface area (Å²) < 4.78 is 4.79. The number of aromatic nitrogens is 2. The van der Waals surface area contributed by atoms with Crippen LogP contribution in [0.2, 0.25) is 10.0 Å². The first-order valence-electron chi connectivity index (χ1n) is 7.61. The first-order chi connectivity index (χ1) is 11.5. The van der Waals surface area contributed by atoms with Crippen molar-refractivity contribution in [3.05, 3.63) is 51.4 Å². The van der Waals surface area contributed by atoms with Gasteiger partial charge in [-0.2, -0.15) is 0 Å². The van der Waals surface area contributed by atoms with E-state index in [4.69, 9.17) is 27.9 Å². The molecule has 1 aromatic carbocycles. The summed E-state index contributed by atoms with van der Waals surface area (Å²) in [6.07, 6.45) is 2.05. The zero-order chi connectivity index (χ0) is 17.3. The van der Waals surface area contributed by atoms with Gasteiger partial charge in [0.15, 0.2) is 11.5 Å². The van der Waals surface area contributed by atoms with Gasteiger partial charge in [0, 0.05) is 24.5 Å². The van der Waals surface area contributed by atoms with Gasteiger partial charge in [-0.1, -0.05) is 41.4 Å². The number of methoxy groups -OCH3 is 1. The van der Waals surface area contributed by atoms with E-state index >= 15 is 0 Å². The van der Waals surface area contributed by atoms with Crippen LogP contribution in [0.25, 0.3) is 0 Å². The lowest BCUT2D eigenvalue weighted by atomic mass is 10.2. The van der Waals surface area contributed by atoms with E-state index < -0.39 is 5.97 Å². The molecule has 1 fully saturated rings. The number of hydrogen-bond acceptors (Lipinski definition) is 5. The molecule has 0 unspecified atom stereocenters. The molecule has 0 N–H and O–H groups in total. The Bertz CT molecular complexity index is 778. The summed E-state index contributed by atoms with van der Waals surface area (Å²) in [5, 5.41) is 0.867. The highest BCUT2D eigenvalue weighted by atomic mass is 35.5. The number of carbonyl (C=O) groups excluding carboxylic acids is 1. The van der Waals surface area contributed by atoms with Gasteiger partial charge in [-0.3, -0.25) is 0 Å². The molecule has 24 heavy (non-hydrogen) atoms. The Morgan fingerprint density at radius 1 is 1.29 bits per heavy atom. The molecule has 0 spiro atoms. The van der Waals surface area contributed by atoms with Crippen LogP contribution in [-0.4, -0.2) is 30.1 Å². The molecule has 126 valence electrons. The fourth-order valence-electron chi connectivity index (χ4n) is 2.42. The molecule has 1 aliphatic carbocycles. The molecule has 0 saturated heterocycles. The fraction of sp³-hybridized carbons (Fsp3) is 0.353. The number of halogens is 2. The maximum absolute atomic E-state index is 12.0. The summed E-state index contributed by atoms with van der Waals surface area (Å²) in [7, 11) is 3.17. The zero-order valence-electron chi connectivity index (χ0n) is 13.4. The van der Waals surface area contributed by atoms with E-state index in [-0.39, 0.29) is 16.6 Å². The van der Waals surface area contributed by atoms with Crippen LogP contribution in [0.1, 0.15) is 40.6 Å². The van der Waals surface area contributed by atoms with Gasteiger partial charge in [-0.05, 0) is 24.5 Å². The van der Waals surface area contributed by atoms with Crippen molar-refractivity contribution in [2.24, 2.45) is 0 Å². The van der Waals surface area contributed by atoms with Crippen LogP contribution >= 0.6 is 23.2 Å². The van der Waals surface area contributed by atoms with Crippen LogP contribution in [0.3, 0.4) is 0 Å². The van der Waals surface area contributed by atoms with Crippen molar-refractivity contribution in [1.29, 1.82) is 0 Å². The summed E-state index contributed by atoms with van der Waals surface area (Å²) in [4.78, 5) is 22.7. The van der Waals surface area contributed by atoms with Gasteiger partial charge in [-0.15, -0.1) is 0 Å². The van der Waals surface area contributed by atoms with Crippen molar-refractivity contribution >= 4 is 35.0 Å². The Labute approximate surface area is 150 Å². The number of nitrogens with zero attached hydrogens (tertiary/aromatic N) is 3. The number of rotatable bonds is 5. The summed E-state index contributed by atoms with van der Waals surface area (Å²) in [6, 6.07) is 7.58. The van der Waals surface area contributed by atoms with Crippen LogP contribution in [0.4, 0.5) is 5.82 Å². The number of benzene rings is 1. The first-order valence-corrected chi connectivity index (χ1v) is 8.37. The van der Waals surface area contributed by atoms with Crippen LogP contribution < -0.4 is 4.90 Å². The molecule has 0 radical (unpaired) electrons. The average molecular weight is 366 g/mol. The highest BCUT2D eigenvalue weighted by Crippen LogP contribution is 2.40. The van der Waals surface area contributed by atoms with Gasteiger partial charge in [0.2, 0.25) is 0 Å². The van der Waals surface area contributed by atoms with Gasteiger partial charge in [0.05, 0.1) is 7.11 Å². The minimum Gasteiger partial charge on any atom is -0.464 e. The minimum atomic E-state index is -0.559. The van der Waals surface area contributed by atoms with E-state index in [1.165, 1.54) is 7.11 Å². The Morgan fingerprint density at radius 2 is 2.00 bits per heavy atom. The summed E-state index contributed by atoms with van der Waals surface area (Å²) in [6.45, 7) is 0.515. The maximum atomic E-state index is 12.0. The maximum Gasteiger partial charge on any atom is 0.358 e. The lowest BCUT2D eigenvalue weighted by molar-refractivity contribution is 0.0593. The monoisotopic (exact) mass is 365 g/mol. The second-order valence-electron chi connectivity index (χ2n) is 5.78. The van der Waals surface area contributed by atoms with E-state index in [2.05, 4.69) is 9.97 Å². The van der Waals surface area contributed by atoms with E-state index in [0.717, 1.165) is 18.4 Å². The van der Waals surface area contributed by atoms with Crippen molar-refractivity contribution in [1.82, 2.24) is 9.97 Å². The van der Waals surface area contributed by atoms with Crippen molar-refractivity contribution in [2.75, 3.05) is 19.1 Å². The van der Waals surface area contributed by atoms with Gasteiger partial charge in [-0.25, -0.2) is 14.8 Å². The Balaban J connectivity index is 1.97. The zero-order valence-corrected chi connectivity index (χ0v) is 14.9. The van der Waals surface area contributed by atoms with E-state index in [1.807, 2.05) is 36.2 Å². The SMILES string of the molecule is COC(=O)c1nc(C2CC2)nc(N(C)Cc2ccccc2Cl)c1Cl. The smallest absolute Gasteiger partial charge is 0.358 e. The van der Waals surface area contributed by atoms with E-state index in [9.17, 15) is 4.79 Å². The van der Waals surface area contributed by atoms with Crippen molar-refractivity contribution < 1.29 is 9.53 Å². The molecule has 1 aliphatic rings. The van der Waals surface area contributed by atoms with Crippen LogP contribution in [0, 0.1) is 0 Å². The number of anilines is 1. The molecule has 7 heteroatoms. The summed E-state index contributed by atoms with van der Waals surface area (Å²) in [5.41, 5.74) is 1.06. The van der Waals surface area contributed by atoms with Gasteiger partial charge in [0.25, 0.3) is 0 Å². The minimum absolute atomic E-state index is 0.108. The lowest BCUT2D eigenvalue weighted by Crippen LogP contribution is -2.21. The third kappa shape index (κ3) is 3.47. The Morgan fingerprint density at radius 3 is 2.62 bits per heavy atom. The van der Waals surface area contributed by atoms with Crippen molar-refractivity contribution in [2.45, 2.75) is 25.3 Å². The Kier molecular flexibility index (Phi) is 4.92. The number of esters is 1. The fourth-order valence-corrected chi connectivity index (χ4v) is 2.92. The summed E-state index contributed by atoms with van der Waals surface area (Å²) >= 11 is 12.6. The molecule has 3 rings (SSSR count). The molecular weight excluding hydrogens is 349 g/mol. The molecule has 1 heterocycles. The highest BCUT2D eigenvalue weighted by molar-refractivity contribution is 6.35. The van der Waals surface area contributed by atoms with E-state index in [1.54, 1.807) is 0 Å². The lowest BCUT2D eigenvalue weighted by Gasteiger charge is -2.21. The topological polar surface area (TPSA) is 55.3 Å². The molecule has 0 bridgehead atoms. The van der Waals surface area contributed by atoms with Gasteiger partial charge in [0.1, 0.15) is 10.8 Å². The molecule has 5 nitrogen and oxygen atoms in total. The van der Waals surface area contributed by atoms with Gasteiger partial charge < -0.3 is 9.64 Å². The summed E-state index contributed by atoms with van der Waals surface area (Å²) in [5.74, 6) is 0.879. The molecule has 1 aromatic heterocycles. The number of ether oxygens (including phenoxy) is 1. The highest BCUT2D eigenvalue weighted by Gasteiger charge is 2.31. The van der Waals surface area contributed by atoms with E-state index in [0.29, 0.717) is 23.2 Å². The third-order valence-corrected chi connectivity index (χ3v) is 4.62. The van der Waals surface area contributed by atoms with Crippen LogP contribution in [-0.2, 0) is 11.3 Å². The number of carbonyl (C=O) groups is 1. The average Bonchev–Trinajstić information content (AvgIpc) is 3.41. The Hall–Kier alpha value is -1.85. The first kappa shape index (κ1) is 17.0. The van der Waals surface area contributed by atoms with Crippen molar-refractivity contribution in [3.63, 3.8) is 0 Å². The largest absolute Gasteiger partial charge is 0.464 e. The standard InChI is InChI=1S/C17H17Cl2N3O2/c1-22(9-11-5-3-4-6-12(11)18)16-13(19)14(17(23)24-2)20-15(21-16)10-7-8-10/h3-6,10H,7-9H2,1-2H3. The van der Waals surface area contributed by atoms with Crippen LogP contribution in [0.15, 0.2) is 24.3 Å². The molecule has 1 saturated carbocycles. The molecule has 0 aliphatic heterocycles. The predicted molar refractivity (Wildman–Crippen MR) is 93.9 cm³/mol. The second-order valence-corrected chi connectivity index (χ2v) is 6.57. The van der Waals surface area contributed by atoms with Crippen LogP contribution in [0.5, 0.6) is 0 Å². The quantitative estimate of drug-likeness (QED) is 0.747.